The predicted molar refractivity (Wildman–Crippen MR) is 73.0 cm³/mol. The smallest absolute Gasteiger partial charge is 0.224 e. The summed E-state index contributed by atoms with van der Waals surface area (Å²) in [4.78, 5) is 11.9. The van der Waals surface area contributed by atoms with Gasteiger partial charge in [0, 0.05) is 12.6 Å². The first-order valence-electron chi connectivity index (χ1n) is 6.74. The topological polar surface area (TPSA) is 55.1 Å². The Kier molecular flexibility index (Phi) is 4.37. The number of benzene rings is 1. The number of amides is 1. The van der Waals surface area contributed by atoms with Crippen molar-refractivity contribution in [1.29, 1.82) is 0 Å². The maximum Gasteiger partial charge on any atom is 0.224 e. The van der Waals surface area contributed by atoms with Gasteiger partial charge in [0.25, 0.3) is 0 Å². The molecule has 0 spiro atoms. The second-order valence-corrected chi connectivity index (χ2v) is 5.38. The van der Waals surface area contributed by atoms with Gasteiger partial charge in [-0.3, -0.25) is 4.79 Å². The lowest BCUT2D eigenvalue weighted by Gasteiger charge is -2.12. The zero-order chi connectivity index (χ0) is 13.0. The zero-order valence-corrected chi connectivity index (χ0v) is 11.0. The van der Waals surface area contributed by atoms with E-state index >= 15 is 0 Å². The Balaban J connectivity index is 1.83. The van der Waals surface area contributed by atoms with Crippen LogP contribution in [-0.2, 0) is 17.8 Å². The SMILES string of the molecule is CC1CCC(NC(=O)Cc2ccc(CN)cc2)C1. The molecule has 2 unspecified atom stereocenters. The molecule has 98 valence electrons. The molecule has 1 fully saturated rings. The van der Waals surface area contributed by atoms with Crippen molar-refractivity contribution >= 4 is 5.91 Å². The van der Waals surface area contributed by atoms with Crippen molar-refractivity contribution in [1.82, 2.24) is 5.32 Å². The zero-order valence-electron chi connectivity index (χ0n) is 11.0. The van der Waals surface area contributed by atoms with Gasteiger partial charge in [-0.25, -0.2) is 0 Å². The number of carbonyl (C=O) groups excluding carboxylic acids is 1. The van der Waals surface area contributed by atoms with Crippen LogP contribution in [0.25, 0.3) is 0 Å². The highest BCUT2D eigenvalue weighted by atomic mass is 16.1. The van der Waals surface area contributed by atoms with E-state index in [-0.39, 0.29) is 5.91 Å². The molecule has 1 saturated carbocycles. The molecule has 0 radical (unpaired) electrons. The Hall–Kier alpha value is -1.35. The summed E-state index contributed by atoms with van der Waals surface area (Å²) in [6.07, 6.45) is 3.95. The maximum atomic E-state index is 11.9. The van der Waals surface area contributed by atoms with E-state index in [1.165, 1.54) is 6.42 Å². The Morgan fingerprint density at radius 3 is 2.50 bits per heavy atom. The van der Waals surface area contributed by atoms with Gasteiger partial charge < -0.3 is 11.1 Å². The Bertz CT molecular complexity index is 399. The van der Waals surface area contributed by atoms with Crippen LogP contribution in [-0.4, -0.2) is 11.9 Å². The first kappa shape index (κ1) is 13.1. The summed E-state index contributed by atoms with van der Waals surface area (Å²) in [5.74, 6) is 0.883. The normalized spacial score (nSPS) is 23.0. The van der Waals surface area contributed by atoms with Crippen molar-refractivity contribution in [3.05, 3.63) is 35.4 Å². The first-order chi connectivity index (χ1) is 8.67. The average molecular weight is 246 g/mol. The summed E-state index contributed by atoms with van der Waals surface area (Å²) in [6.45, 7) is 2.80. The van der Waals surface area contributed by atoms with E-state index < -0.39 is 0 Å². The third kappa shape index (κ3) is 3.57. The molecule has 1 aliphatic rings. The minimum absolute atomic E-state index is 0.134. The second kappa shape index (κ2) is 6.01. The molecule has 1 amide bonds. The summed E-state index contributed by atoms with van der Waals surface area (Å²) >= 11 is 0. The van der Waals surface area contributed by atoms with Gasteiger partial charge in [0.15, 0.2) is 0 Å². The van der Waals surface area contributed by atoms with Crippen molar-refractivity contribution in [3.8, 4) is 0 Å². The standard InChI is InChI=1S/C15H22N2O/c1-11-2-7-14(8-11)17-15(18)9-12-3-5-13(10-16)6-4-12/h3-6,11,14H,2,7-10,16H2,1H3,(H,17,18). The molecule has 18 heavy (non-hydrogen) atoms. The Morgan fingerprint density at radius 1 is 1.28 bits per heavy atom. The summed E-state index contributed by atoms with van der Waals surface area (Å²) in [7, 11) is 0. The fourth-order valence-corrected chi connectivity index (χ4v) is 2.60. The minimum atomic E-state index is 0.134. The Labute approximate surface area is 109 Å². The first-order valence-corrected chi connectivity index (χ1v) is 6.74. The lowest BCUT2D eigenvalue weighted by molar-refractivity contribution is -0.121. The number of carbonyl (C=O) groups is 1. The summed E-state index contributed by atoms with van der Waals surface area (Å²) in [6, 6.07) is 8.33. The number of hydrogen-bond acceptors (Lipinski definition) is 2. The molecule has 3 heteroatoms. The van der Waals surface area contributed by atoms with E-state index in [0.29, 0.717) is 19.0 Å². The maximum absolute atomic E-state index is 11.9. The van der Waals surface area contributed by atoms with Crippen LogP contribution in [0.5, 0.6) is 0 Å². The van der Waals surface area contributed by atoms with E-state index in [9.17, 15) is 4.79 Å². The quantitative estimate of drug-likeness (QED) is 0.853. The molecule has 0 aromatic heterocycles. The molecule has 1 aromatic carbocycles. The van der Waals surface area contributed by atoms with Gasteiger partial charge in [-0.1, -0.05) is 31.2 Å². The highest BCUT2D eigenvalue weighted by Gasteiger charge is 2.22. The summed E-state index contributed by atoms with van der Waals surface area (Å²) in [5.41, 5.74) is 7.70. The lowest BCUT2D eigenvalue weighted by Crippen LogP contribution is -2.34. The van der Waals surface area contributed by atoms with Crippen molar-refractivity contribution in [3.63, 3.8) is 0 Å². The van der Waals surface area contributed by atoms with Crippen molar-refractivity contribution < 1.29 is 4.79 Å². The van der Waals surface area contributed by atoms with Gasteiger partial charge in [0.05, 0.1) is 6.42 Å². The number of hydrogen-bond donors (Lipinski definition) is 2. The largest absolute Gasteiger partial charge is 0.353 e. The van der Waals surface area contributed by atoms with Crippen LogP contribution in [0.4, 0.5) is 0 Å². The van der Waals surface area contributed by atoms with Crippen molar-refractivity contribution in [2.45, 2.75) is 45.2 Å². The third-order valence-electron chi connectivity index (χ3n) is 3.68. The van der Waals surface area contributed by atoms with Crippen LogP contribution in [0.2, 0.25) is 0 Å². The highest BCUT2D eigenvalue weighted by Crippen LogP contribution is 2.24. The number of rotatable bonds is 4. The van der Waals surface area contributed by atoms with E-state index in [1.54, 1.807) is 0 Å². The molecule has 2 rings (SSSR count). The molecule has 2 atom stereocenters. The second-order valence-electron chi connectivity index (χ2n) is 5.38. The fraction of sp³-hybridized carbons (Fsp3) is 0.533. The Morgan fingerprint density at radius 2 is 1.94 bits per heavy atom. The molecule has 3 nitrogen and oxygen atoms in total. The van der Waals surface area contributed by atoms with Crippen molar-refractivity contribution in [2.75, 3.05) is 0 Å². The van der Waals surface area contributed by atoms with Crippen LogP contribution in [0.15, 0.2) is 24.3 Å². The van der Waals surface area contributed by atoms with Gasteiger partial charge in [-0.2, -0.15) is 0 Å². The fourth-order valence-electron chi connectivity index (χ4n) is 2.60. The minimum Gasteiger partial charge on any atom is -0.353 e. The molecule has 0 heterocycles. The molecular weight excluding hydrogens is 224 g/mol. The van der Waals surface area contributed by atoms with E-state index in [2.05, 4.69) is 12.2 Å². The number of nitrogens with one attached hydrogen (secondary N) is 1. The molecule has 0 aliphatic heterocycles. The molecule has 0 saturated heterocycles. The van der Waals surface area contributed by atoms with E-state index in [4.69, 9.17) is 5.73 Å². The number of nitrogens with two attached hydrogens (primary N) is 1. The van der Waals surface area contributed by atoms with Crippen molar-refractivity contribution in [2.24, 2.45) is 11.7 Å². The average Bonchev–Trinajstić information content (AvgIpc) is 2.75. The lowest BCUT2D eigenvalue weighted by atomic mass is 10.1. The van der Waals surface area contributed by atoms with E-state index in [0.717, 1.165) is 29.9 Å². The molecular formula is C15H22N2O. The molecule has 1 aliphatic carbocycles. The van der Waals surface area contributed by atoms with Gasteiger partial charge in [0.1, 0.15) is 0 Å². The van der Waals surface area contributed by atoms with E-state index in [1.807, 2.05) is 24.3 Å². The van der Waals surface area contributed by atoms with Crippen LogP contribution in [0.1, 0.15) is 37.3 Å². The van der Waals surface area contributed by atoms with Crippen LogP contribution < -0.4 is 11.1 Å². The molecule has 3 N–H and O–H groups in total. The van der Waals surface area contributed by atoms with Gasteiger partial charge in [0.2, 0.25) is 5.91 Å². The van der Waals surface area contributed by atoms with Crippen LogP contribution in [0, 0.1) is 5.92 Å². The summed E-state index contributed by atoms with van der Waals surface area (Å²) < 4.78 is 0. The third-order valence-corrected chi connectivity index (χ3v) is 3.68. The highest BCUT2D eigenvalue weighted by molar-refractivity contribution is 5.78. The summed E-state index contributed by atoms with van der Waals surface area (Å²) in [5, 5.41) is 3.12. The van der Waals surface area contributed by atoms with Gasteiger partial charge >= 0.3 is 0 Å². The monoisotopic (exact) mass is 246 g/mol. The van der Waals surface area contributed by atoms with Gasteiger partial charge in [-0.05, 0) is 36.3 Å². The van der Waals surface area contributed by atoms with Crippen LogP contribution >= 0.6 is 0 Å². The predicted octanol–water partition coefficient (Wildman–Crippen LogP) is 1.99. The molecule has 1 aromatic rings. The van der Waals surface area contributed by atoms with Gasteiger partial charge in [-0.15, -0.1) is 0 Å². The van der Waals surface area contributed by atoms with Crippen LogP contribution in [0.3, 0.4) is 0 Å². The molecule has 0 bridgehead atoms.